The molecule has 2 saturated carbocycles. The van der Waals surface area contributed by atoms with Crippen molar-refractivity contribution in [2.24, 2.45) is 23.7 Å². The Kier molecular flexibility index (Phi) is 7.81. The first kappa shape index (κ1) is 20.4. The van der Waals surface area contributed by atoms with Crippen molar-refractivity contribution < 1.29 is 4.39 Å². The number of hydrogen-bond acceptors (Lipinski definition) is 0. The van der Waals surface area contributed by atoms with E-state index in [1.54, 1.807) is 13.0 Å². The van der Waals surface area contributed by atoms with Gasteiger partial charge < -0.3 is 0 Å². The molecule has 148 valence electrons. The van der Waals surface area contributed by atoms with Crippen molar-refractivity contribution in [1.29, 1.82) is 0 Å². The average Bonchev–Trinajstić information content (AvgIpc) is 2.70. The van der Waals surface area contributed by atoms with Crippen molar-refractivity contribution in [3.8, 4) is 11.8 Å². The van der Waals surface area contributed by atoms with E-state index >= 15 is 0 Å². The van der Waals surface area contributed by atoms with Gasteiger partial charge >= 0.3 is 0 Å². The summed E-state index contributed by atoms with van der Waals surface area (Å²) in [6, 6.07) is 5.59. The largest absolute Gasteiger partial charge is 0.206 e. The maximum atomic E-state index is 14.0. The molecule has 0 bridgehead atoms. The summed E-state index contributed by atoms with van der Waals surface area (Å²) in [6.45, 7) is 4.08. The van der Waals surface area contributed by atoms with Gasteiger partial charge in [-0.25, -0.2) is 4.39 Å². The van der Waals surface area contributed by atoms with Crippen molar-refractivity contribution in [3.63, 3.8) is 0 Å². The van der Waals surface area contributed by atoms with Crippen LogP contribution in [0.5, 0.6) is 0 Å². The number of aryl methyl sites for hydroxylation is 1. The second-order valence-corrected chi connectivity index (χ2v) is 9.08. The maximum absolute atomic E-state index is 14.0. The molecule has 1 heteroatoms. The quantitative estimate of drug-likeness (QED) is 0.455. The Labute approximate surface area is 166 Å². The fraction of sp³-hybridized carbons (Fsp3) is 0.692. The van der Waals surface area contributed by atoms with E-state index in [1.807, 2.05) is 6.07 Å². The minimum Gasteiger partial charge on any atom is -0.206 e. The Bertz CT molecular complexity index is 634. The Morgan fingerprint density at radius 3 is 2.00 bits per heavy atom. The standard InChI is InChI=1S/C26H37F/c1-3-5-20-9-14-23(15-10-20)24-16-11-21(12-17-24)7-8-22-13-18-25(6-4-2)26(27)19-22/h13,18-21,23-24H,3,5,7-12,14-17H2,1-2H3/t20-,21?,23-,24?. The number of rotatable bonds is 6. The lowest BCUT2D eigenvalue weighted by atomic mass is 9.68. The molecule has 0 unspecified atom stereocenters. The molecular formula is C26H37F. The van der Waals surface area contributed by atoms with E-state index in [9.17, 15) is 4.39 Å². The number of hydrogen-bond donors (Lipinski definition) is 0. The van der Waals surface area contributed by atoms with Crippen LogP contribution in [0.25, 0.3) is 0 Å². The summed E-state index contributed by atoms with van der Waals surface area (Å²) >= 11 is 0. The average molecular weight is 369 g/mol. The Morgan fingerprint density at radius 2 is 1.48 bits per heavy atom. The lowest BCUT2D eigenvalue weighted by Crippen LogP contribution is -2.26. The van der Waals surface area contributed by atoms with E-state index in [-0.39, 0.29) is 5.82 Å². The molecule has 2 fully saturated rings. The van der Waals surface area contributed by atoms with Crippen molar-refractivity contribution in [3.05, 3.63) is 35.1 Å². The third kappa shape index (κ3) is 5.84. The van der Waals surface area contributed by atoms with Crippen molar-refractivity contribution >= 4 is 0 Å². The molecule has 1 aromatic rings. The van der Waals surface area contributed by atoms with E-state index in [0.717, 1.165) is 35.7 Å². The van der Waals surface area contributed by atoms with E-state index < -0.39 is 0 Å². The van der Waals surface area contributed by atoms with Crippen molar-refractivity contribution in [2.45, 2.75) is 90.9 Å². The van der Waals surface area contributed by atoms with Gasteiger partial charge in [0.25, 0.3) is 0 Å². The molecule has 2 aliphatic rings. The van der Waals surface area contributed by atoms with Gasteiger partial charge in [0.05, 0.1) is 5.56 Å². The first-order chi connectivity index (χ1) is 13.2. The van der Waals surface area contributed by atoms with Crippen LogP contribution in [0.4, 0.5) is 4.39 Å². The zero-order valence-electron chi connectivity index (χ0n) is 17.4. The summed E-state index contributed by atoms with van der Waals surface area (Å²) in [5.41, 5.74) is 1.65. The Balaban J connectivity index is 1.40. The number of halogens is 1. The van der Waals surface area contributed by atoms with Gasteiger partial charge in [0.15, 0.2) is 0 Å². The first-order valence-corrected chi connectivity index (χ1v) is 11.4. The summed E-state index contributed by atoms with van der Waals surface area (Å²) in [5, 5.41) is 0. The smallest absolute Gasteiger partial charge is 0.139 e. The summed E-state index contributed by atoms with van der Waals surface area (Å²) in [4.78, 5) is 0. The van der Waals surface area contributed by atoms with Crippen LogP contribution < -0.4 is 0 Å². The van der Waals surface area contributed by atoms with Gasteiger partial charge in [0.1, 0.15) is 5.82 Å². The highest BCUT2D eigenvalue weighted by atomic mass is 19.1. The highest BCUT2D eigenvalue weighted by Gasteiger charge is 2.30. The van der Waals surface area contributed by atoms with Gasteiger partial charge in [-0.15, -0.1) is 5.92 Å². The molecule has 2 aliphatic carbocycles. The monoisotopic (exact) mass is 368 g/mol. The molecule has 0 spiro atoms. The van der Waals surface area contributed by atoms with Gasteiger partial charge in [-0.2, -0.15) is 0 Å². The summed E-state index contributed by atoms with van der Waals surface area (Å²) in [5.74, 6) is 9.32. The molecule has 0 aliphatic heterocycles. The first-order valence-electron chi connectivity index (χ1n) is 11.4. The summed E-state index contributed by atoms with van der Waals surface area (Å²) in [6.07, 6.45) is 16.7. The predicted octanol–water partition coefficient (Wildman–Crippen LogP) is 7.54. The van der Waals surface area contributed by atoms with Crippen LogP contribution in [0, 0.1) is 41.3 Å². The summed E-state index contributed by atoms with van der Waals surface area (Å²) in [7, 11) is 0. The van der Waals surface area contributed by atoms with Gasteiger partial charge in [0, 0.05) is 0 Å². The maximum Gasteiger partial charge on any atom is 0.139 e. The SMILES string of the molecule is CC#Cc1ccc(CCC2CCC([C@H]3CC[C@H](CCC)CC3)CC2)cc1F. The minimum absolute atomic E-state index is 0.163. The second kappa shape index (κ2) is 10.3. The third-order valence-corrected chi connectivity index (χ3v) is 7.28. The fourth-order valence-electron chi connectivity index (χ4n) is 5.63. The van der Waals surface area contributed by atoms with Crippen molar-refractivity contribution in [1.82, 2.24) is 0 Å². The van der Waals surface area contributed by atoms with Crippen molar-refractivity contribution in [2.75, 3.05) is 0 Å². The summed E-state index contributed by atoms with van der Waals surface area (Å²) < 4.78 is 14.0. The van der Waals surface area contributed by atoms with E-state index in [0.29, 0.717) is 5.56 Å². The fourth-order valence-corrected chi connectivity index (χ4v) is 5.63. The molecule has 0 saturated heterocycles. The van der Waals surface area contributed by atoms with E-state index in [2.05, 4.69) is 24.8 Å². The molecule has 0 atom stereocenters. The second-order valence-electron chi connectivity index (χ2n) is 9.08. The highest BCUT2D eigenvalue weighted by Crippen LogP contribution is 2.42. The van der Waals surface area contributed by atoms with Crippen LogP contribution in [0.15, 0.2) is 18.2 Å². The molecule has 0 heterocycles. The van der Waals surface area contributed by atoms with Gasteiger partial charge in [-0.1, -0.05) is 57.4 Å². The zero-order valence-corrected chi connectivity index (χ0v) is 17.4. The zero-order chi connectivity index (χ0) is 19.1. The van der Waals surface area contributed by atoms with Crippen LogP contribution >= 0.6 is 0 Å². The van der Waals surface area contributed by atoms with Crippen LogP contribution in [0.2, 0.25) is 0 Å². The molecule has 0 radical (unpaired) electrons. The highest BCUT2D eigenvalue weighted by molar-refractivity contribution is 5.37. The Morgan fingerprint density at radius 1 is 0.889 bits per heavy atom. The number of benzene rings is 1. The van der Waals surface area contributed by atoms with Gasteiger partial charge in [0.2, 0.25) is 0 Å². The lowest BCUT2D eigenvalue weighted by molar-refractivity contribution is 0.141. The molecule has 0 aromatic heterocycles. The minimum atomic E-state index is -0.163. The van der Waals surface area contributed by atoms with Gasteiger partial charge in [-0.05, 0) is 86.8 Å². The van der Waals surface area contributed by atoms with Crippen LogP contribution in [0.3, 0.4) is 0 Å². The lowest BCUT2D eigenvalue weighted by Gasteiger charge is -2.38. The topological polar surface area (TPSA) is 0 Å². The van der Waals surface area contributed by atoms with Crippen LogP contribution in [-0.2, 0) is 6.42 Å². The normalized spacial score (nSPS) is 28.4. The molecular weight excluding hydrogens is 331 g/mol. The molecule has 0 nitrogen and oxygen atoms in total. The molecule has 0 amide bonds. The van der Waals surface area contributed by atoms with E-state index in [4.69, 9.17) is 0 Å². The van der Waals surface area contributed by atoms with Crippen LogP contribution in [-0.4, -0.2) is 0 Å². The van der Waals surface area contributed by atoms with Crippen LogP contribution in [0.1, 0.15) is 95.6 Å². The Hall–Kier alpha value is -1.29. The van der Waals surface area contributed by atoms with Gasteiger partial charge in [-0.3, -0.25) is 0 Å². The molecule has 27 heavy (non-hydrogen) atoms. The predicted molar refractivity (Wildman–Crippen MR) is 113 cm³/mol. The third-order valence-electron chi connectivity index (χ3n) is 7.28. The molecule has 1 aromatic carbocycles. The molecule has 0 N–H and O–H groups in total. The van der Waals surface area contributed by atoms with E-state index in [1.165, 1.54) is 70.6 Å². The molecule has 3 rings (SSSR count).